The fraction of sp³-hybridized carbons (Fsp3) is 0.0476. The van der Waals surface area contributed by atoms with Gasteiger partial charge in [0.1, 0.15) is 18.2 Å². The van der Waals surface area contributed by atoms with Gasteiger partial charge in [0.05, 0.1) is 15.5 Å². The van der Waals surface area contributed by atoms with E-state index in [9.17, 15) is 23.3 Å². The Hall–Kier alpha value is -3.56. The number of benzene rings is 2. The molecule has 156 valence electrons. The van der Waals surface area contributed by atoms with Gasteiger partial charge in [0, 0.05) is 5.56 Å². The van der Waals surface area contributed by atoms with Gasteiger partial charge in [-0.3, -0.25) is 4.79 Å². The number of pyridine rings is 1. The number of hydrogen-bond donors (Lipinski definition) is 0. The molecule has 4 rings (SSSR count). The lowest BCUT2D eigenvalue weighted by Gasteiger charge is -2.03. The summed E-state index contributed by atoms with van der Waals surface area (Å²) in [5, 5.41) is 12.0. The van der Waals surface area contributed by atoms with E-state index in [0.29, 0.717) is 23.0 Å². The third-order valence-electron chi connectivity index (χ3n) is 4.69. The van der Waals surface area contributed by atoms with Crippen LogP contribution in [0, 0.1) is 10.1 Å². The van der Waals surface area contributed by atoms with Crippen LogP contribution in [0.1, 0.15) is 16.1 Å². The van der Waals surface area contributed by atoms with Gasteiger partial charge in [0.2, 0.25) is 5.65 Å². The number of carbonyl (C=O) groups is 1. The summed E-state index contributed by atoms with van der Waals surface area (Å²) in [6, 6.07) is 15.8. The molecule has 2 aromatic heterocycles. The summed E-state index contributed by atoms with van der Waals surface area (Å²) in [4.78, 5) is 26.4. The van der Waals surface area contributed by atoms with Crippen LogP contribution in [0.15, 0.2) is 71.8 Å². The van der Waals surface area contributed by atoms with E-state index < -0.39 is 26.3 Å². The number of carbonyl (C=O) groups excluding carboxylic acids is 1. The number of hydrogen-bond acceptors (Lipinski definition) is 6. The number of aromatic nitrogens is 2. The summed E-state index contributed by atoms with van der Waals surface area (Å²) in [5.41, 5.74) is 1.55. The minimum absolute atomic E-state index is 0.0454. The summed E-state index contributed by atoms with van der Waals surface area (Å²) >= 11 is 6.20. The summed E-state index contributed by atoms with van der Waals surface area (Å²) in [5.74, 6) is -1.11. The predicted molar refractivity (Wildman–Crippen MR) is 115 cm³/mol. The molecule has 0 saturated carbocycles. The molecular formula is C21H14ClN3O5S. The monoisotopic (exact) mass is 455 g/mol. The highest BCUT2D eigenvalue weighted by Gasteiger charge is 2.29. The summed E-state index contributed by atoms with van der Waals surface area (Å²) in [6.45, 7) is 0. The Morgan fingerprint density at radius 1 is 1.10 bits per heavy atom. The second kappa shape index (κ2) is 7.93. The maximum atomic E-state index is 12.8. The highest BCUT2D eigenvalue weighted by molar-refractivity contribution is 7.90. The molecule has 0 bridgehead atoms. The minimum Gasteiger partial charge on any atom is -0.358 e. The van der Waals surface area contributed by atoms with Crippen molar-refractivity contribution in [2.45, 2.75) is 10.6 Å². The van der Waals surface area contributed by atoms with Crippen LogP contribution in [0.4, 0.5) is 5.82 Å². The molecular weight excluding hydrogens is 442 g/mol. The van der Waals surface area contributed by atoms with Gasteiger partial charge >= 0.3 is 5.82 Å². The number of sulfone groups is 1. The Morgan fingerprint density at radius 3 is 2.39 bits per heavy atom. The molecule has 0 unspecified atom stereocenters. The van der Waals surface area contributed by atoms with Crippen molar-refractivity contribution in [2.75, 3.05) is 0 Å². The van der Waals surface area contributed by atoms with Crippen LogP contribution in [0.5, 0.6) is 0 Å². The van der Waals surface area contributed by atoms with Gasteiger partial charge in [0.25, 0.3) is 0 Å². The first-order valence-electron chi connectivity index (χ1n) is 8.98. The molecule has 0 saturated heterocycles. The van der Waals surface area contributed by atoms with Crippen molar-refractivity contribution in [3.63, 3.8) is 0 Å². The van der Waals surface area contributed by atoms with Gasteiger partial charge in [-0.15, -0.1) is 0 Å². The van der Waals surface area contributed by atoms with E-state index in [1.165, 1.54) is 22.7 Å². The Labute approximate surface area is 181 Å². The second-order valence-electron chi connectivity index (χ2n) is 6.72. The minimum atomic E-state index is -3.87. The molecule has 31 heavy (non-hydrogen) atoms. The van der Waals surface area contributed by atoms with Crippen molar-refractivity contribution in [3.05, 3.63) is 93.3 Å². The smallest absolute Gasteiger partial charge is 0.352 e. The lowest BCUT2D eigenvalue weighted by molar-refractivity contribution is -0.391. The fourth-order valence-corrected chi connectivity index (χ4v) is 4.78. The zero-order valence-electron chi connectivity index (χ0n) is 15.8. The number of nitro groups is 1. The maximum Gasteiger partial charge on any atom is 0.352 e. The van der Waals surface area contributed by atoms with Gasteiger partial charge in [-0.2, -0.15) is 4.40 Å². The van der Waals surface area contributed by atoms with Crippen LogP contribution in [-0.4, -0.2) is 29.0 Å². The van der Waals surface area contributed by atoms with E-state index >= 15 is 0 Å². The molecule has 0 aliphatic heterocycles. The van der Waals surface area contributed by atoms with E-state index in [1.54, 1.807) is 48.5 Å². The first-order valence-corrected chi connectivity index (χ1v) is 11.0. The largest absolute Gasteiger partial charge is 0.358 e. The number of fused-ring (bicyclic) bond motifs is 1. The van der Waals surface area contributed by atoms with Crippen molar-refractivity contribution in [3.8, 4) is 11.1 Å². The molecule has 2 heterocycles. The van der Waals surface area contributed by atoms with Crippen LogP contribution in [0.3, 0.4) is 0 Å². The summed E-state index contributed by atoms with van der Waals surface area (Å²) in [7, 11) is -3.87. The molecule has 0 atom stereocenters. The first kappa shape index (κ1) is 20.7. The Balaban J connectivity index is 1.92. The average molecular weight is 456 g/mol. The number of halogens is 1. The molecule has 0 amide bonds. The van der Waals surface area contributed by atoms with E-state index in [4.69, 9.17) is 11.6 Å². The number of aldehydes is 1. The Morgan fingerprint density at radius 2 is 1.77 bits per heavy atom. The SMILES string of the molecule is O=Cc1ccc(-c2cc(Cl)cn3c([N+](=O)[O-])c(CS(=O)(=O)c4ccccc4)nc23)cc1. The molecule has 0 aliphatic carbocycles. The van der Waals surface area contributed by atoms with Crippen LogP contribution >= 0.6 is 11.6 Å². The number of nitrogens with zero attached hydrogens (tertiary/aromatic N) is 3. The molecule has 0 aliphatic rings. The molecule has 0 spiro atoms. The molecule has 0 radical (unpaired) electrons. The van der Waals surface area contributed by atoms with Gasteiger partial charge in [-0.05, 0) is 28.7 Å². The van der Waals surface area contributed by atoms with E-state index in [-0.39, 0.29) is 21.3 Å². The number of imidazole rings is 1. The van der Waals surface area contributed by atoms with Crippen molar-refractivity contribution >= 4 is 39.2 Å². The zero-order chi connectivity index (χ0) is 22.2. The highest BCUT2D eigenvalue weighted by Crippen LogP contribution is 2.33. The maximum absolute atomic E-state index is 12.8. The van der Waals surface area contributed by atoms with Crippen LogP contribution in [0.25, 0.3) is 16.8 Å². The molecule has 4 aromatic rings. The number of rotatable bonds is 6. The topological polar surface area (TPSA) is 112 Å². The van der Waals surface area contributed by atoms with Gasteiger partial charge in [-0.25, -0.2) is 13.4 Å². The van der Waals surface area contributed by atoms with Gasteiger partial charge in [0.15, 0.2) is 15.5 Å². The molecule has 8 nitrogen and oxygen atoms in total. The Bertz CT molecular complexity index is 1420. The molecule has 2 aromatic carbocycles. The van der Waals surface area contributed by atoms with Gasteiger partial charge in [-0.1, -0.05) is 54.1 Å². The second-order valence-corrected chi connectivity index (χ2v) is 9.14. The van der Waals surface area contributed by atoms with Crippen molar-refractivity contribution in [1.82, 2.24) is 9.38 Å². The van der Waals surface area contributed by atoms with Gasteiger partial charge < -0.3 is 10.1 Å². The molecule has 10 heteroatoms. The van der Waals surface area contributed by atoms with Crippen molar-refractivity contribution < 1.29 is 18.1 Å². The summed E-state index contributed by atoms with van der Waals surface area (Å²) in [6.07, 6.45) is 2.02. The average Bonchev–Trinajstić information content (AvgIpc) is 3.11. The lowest BCUT2D eigenvalue weighted by Crippen LogP contribution is -2.07. The normalized spacial score (nSPS) is 11.5. The fourth-order valence-electron chi connectivity index (χ4n) is 3.28. The summed E-state index contributed by atoms with van der Waals surface area (Å²) < 4.78 is 26.8. The molecule has 0 N–H and O–H groups in total. The predicted octanol–water partition coefficient (Wildman–Crippen LogP) is 4.35. The third kappa shape index (κ3) is 3.92. The zero-order valence-corrected chi connectivity index (χ0v) is 17.4. The van der Waals surface area contributed by atoms with E-state index in [0.717, 1.165) is 0 Å². The van der Waals surface area contributed by atoms with Crippen molar-refractivity contribution in [2.24, 2.45) is 0 Å². The van der Waals surface area contributed by atoms with E-state index in [2.05, 4.69) is 4.98 Å². The standard InChI is InChI=1S/C21H14ClN3O5S/c22-16-10-18(15-8-6-14(12-26)7-9-15)20-23-19(21(25(27)28)24(20)11-16)13-31(29,30)17-4-2-1-3-5-17/h1-12H,13H2. The van der Waals surface area contributed by atoms with Crippen LogP contribution in [0.2, 0.25) is 5.02 Å². The van der Waals surface area contributed by atoms with E-state index in [1.807, 2.05) is 0 Å². The first-order chi connectivity index (χ1) is 14.8. The van der Waals surface area contributed by atoms with Crippen LogP contribution < -0.4 is 0 Å². The van der Waals surface area contributed by atoms with Crippen LogP contribution in [-0.2, 0) is 15.6 Å². The highest BCUT2D eigenvalue weighted by atomic mass is 35.5. The van der Waals surface area contributed by atoms with Crippen molar-refractivity contribution in [1.29, 1.82) is 0 Å². The quantitative estimate of drug-likeness (QED) is 0.243. The lowest BCUT2D eigenvalue weighted by atomic mass is 10.1. The Kier molecular flexibility index (Phi) is 5.30. The molecule has 0 fully saturated rings. The third-order valence-corrected chi connectivity index (χ3v) is 6.54.